The van der Waals surface area contributed by atoms with Gasteiger partial charge in [-0.3, -0.25) is 14.3 Å². The summed E-state index contributed by atoms with van der Waals surface area (Å²) in [6.45, 7) is 7.13. The molecule has 6 atom stereocenters. The van der Waals surface area contributed by atoms with Crippen molar-refractivity contribution in [1.29, 1.82) is 0 Å². The van der Waals surface area contributed by atoms with Gasteiger partial charge in [0.15, 0.2) is 0 Å². The van der Waals surface area contributed by atoms with E-state index in [4.69, 9.17) is 18.5 Å². The second-order valence-corrected chi connectivity index (χ2v) is 10.1. The summed E-state index contributed by atoms with van der Waals surface area (Å²) in [4.78, 5) is 38.6. The number of para-hydroxylation sites is 1. The van der Waals surface area contributed by atoms with Gasteiger partial charge in [0.25, 0.3) is 5.56 Å². The molecular weight excluding hydrogens is 525 g/mol. The highest BCUT2D eigenvalue weighted by atomic mass is 31.2. The molecule has 1 aliphatic rings. The number of aromatic nitrogens is 2. The van der Waals surface area contributed by atoms with Crippen molar-refractivity contribution in [2.75, 3.05) is 6.61 Å². The minimum Gasteiger partial charge on any atom is -0.453 e. The van der Waals surface area contributed by atoms with E-state index in [-0.39, 0.29) is 12.3 Å². The van der Waals surface area contributed by atoms with Gasteiger partial charge in [0, 0.05) is 18.2 Å². The van der Waals surface area contributed by atoms with Crippen LogP contribution in [0, 0.1) is 5.92 Å². The van der Waals surface area contributed by atoms with Crippen molar-refractivity contribution >= 4 is 14.5 Å². The number of aliphatic hydroxyl groups excluding tert-OH is 1. The van der Waals surface area contributed by atoms with Crippen LogP contribution in [-0.2, 0) is 18.8 Å². The highest BCUT2D eigenvalue weighted by Crippen LogP contribution is 2.40. The summed E-state index contributed by atoms with van der Waals surface area (Å²) in [6.07, 6.45) is -1.82. The molecule has 206 valence electrons. The highest BCUT2D eigenvalue weighted by Gasteiger charge is 2.43. The lowest BCUT2D eigenvalue weighted by Gasteiger charge is -2.23. The molecule has 4 rings (SSSR count). The van der Waals surface area contributed by atoms with Crippen molar-refractivity contribution in [2.24, 2.45) is 5.92 Å². The van der Waals surface area contributed by atoms with Gasteiger partial charge in [0.1, 0.15) is 29.9 Å². The average Bonchev–Trinajstić information content (AvgIpc) is 3.21. The minimum atomic E-state index is -1.97. The molecule has 0 radical (unpaired) electrons. The predicted molar refractivity (Wildman–Crippen MR) is 144 cm³/mol. The third-order valence-corrected chi connectivity index (χ3v) is 7.33. The van der Waals surface area contributed by atoms with E-state index in [9.17, 15) is 19.5 Å². The molecule has 2 heterocycles. The maximum absolute atomic E-state index is 12.7. The highest BCUT2D eigenvalue weighted by molar-refractivity contribution is 7.45. The van der Waals surface area contributed by atoms with Crippen LogP contribution in [0.1, 0.15) is 31.7 Å². The molecule has 0 saturated carbocycles. The van der Waals surface area contributed by atoms with Crippen molar-refractivity contribution in [3.8, 4) is 5.75 Å². The van der Waals surface area contributed by atoms with Gasteiger partial charge < -0.3 is 28.7 Å². The smallest absolute Gasteiger partial charge is 0.354 e. The number of aromatic amines is 1. The molecular formula is C27H30N3O8P. The summed E-state index contributed by atoms with van der Waals surface area (Å²) >= 11 is 0. The Kier molecular flexibility index (Phi) is 9.32. The van der Waals surface area contributed by atoms with E-state index in [1.807, 2.05) is 36.4 Å². The van der Waals surface area contributed by atoms with Gasteiger partial charge in [0.05, 0.1) is 12.7 Å². The van der Waals surface area contributed by atoms with E-state index in [0.29, 0.717) is 5.75 Å². The monoisotopic (exact) mass is 555 g/mol. The van der Waals surface area contributed by atoms with Crippen LogP contribution >= 0.6 is 8.53 Å². The van der Waals surface area contributed by atoms with Crippen molar-refractivity contribution in [3.05, 3.63) is 112 Å². The number of hydrogen-bond donors (Lipinski definition) is 3. The van der Waals surface area contributed by atoms with Gasteiger partial charge in [-0.05, 0) is 24.6 Å². The summed E-state index contributed by atoms with van der Waals surface area (Å²) in [7, 11) is -1.97. The van der Waals surface area contributed by atoms with Gasteiger partial charge in [-0.2, -0.15) is 0 Å². The molecule has 1 fully saturated rings. The molecule has 1 unspecified atom stereocenters. The number of carbonyl (C=O) groups is 1. The Balaban J connectivity index is 1.41. The number of carbonyl (C=O) groups excluding carboxylic acids is 1. The zero-order valence-corrected chi connectivity index (χ0v) is 22.3. The normalized spacial score (nSPS) is 22.0. The van der Waals surface area contributed by atoms with E-state index in [1.165, 1.54) is 16.8 Å². The van der Waals surface area contributed by atoms with Crippen LogP contribution in [0.15, 0.2) is 94.8 Å². The van der Waals surface area contributed by atoms with Crippen LogP contribution in [-0.4, -0.2) is 39.4 Å². The number of ether oxygens (including phenoxy) is 2. The molecule has 1 aromatic heterocycles. The summed E-state index contributed by atoms with van der Waals surface area (Å²) in [5, 5.41) is 13.6. The summed E-state index contributed by atoms with van der Waals surface area (Å²) < 4.78 is 24.5. The molecule has 0 aliphatic carbocycles. The van der Waals surface area contributed by atoms with Crippen LogP contribution in [0.25, 0.3) is 0 Å². The lowest BCUT2D eigenvalue weighted by molar-refractivity contribution is -0.144. The van der Waals surface area contributed by atoms with Crippen LogP contribution < -0.4 is 20.9 Å². The van der Waals surface area contributed by atoms with E-state index in [2.05, 4.69) is 16.7 Å². The van der Waals surface area contributed by atoms with Gasteiger partial charge in [-0.15, -0.1) is 0 Å². The second kappa shape index (κ2) is 12.9. The molecule has 3 aromatic rings. The van der Waals surface area contributed by atoms with Crippen molar-refractivity contribution in [3.63, 3.8) is 0 Å². The third-order valence-electron chi connectivity index (χ3n) is 6.12. The number of H-pyrrole nitrogens is 1. The Morgan fingerprint density at radius 1 is 1.15 bits per heavy atom. The van der Waals surface area contributed by atoms with E-state index < -0.39 is 56.2 Å². The van der Waals surface area contributed by atoms with Crippen LogP contribution in [0.3, 0.4) is 0 Å². The standard InChI is InChI=1S/C27H30N3O8P/c1-17-24(32)22(37-25(17)30-15-14-23(31)28-27(30)34)16-35-39(38-21-12-8-5-9-13-21)29-18(2)26(33)36-19(3)20-10-6-4-7-11-20/h4-15,17,19,22,24-25,29,32H,2,16H2,1,3H3,(H,28,31,34)/t17-,19-,22+,24-,25+,39?/m0/s1. The molecule has 2 aromatic carbocycles. The number of rotatable bonds is 11. The van der Waals surface area contributed by atoms with E-state index in [0.717, 1.165) is 5.56 Å². The fourth-order valence-electron chi connectivity index (χ4n) is 3.95. The quantitative estimate of drug-likeness (QED) is 0.185. The van der Waals surface area contributed by atoms with Gasteiger partial charge in [0.2, 0.25) is 0 Å². The number of esters is 1. The van der Waals surface area contributed by atoms with Crippen LogP contribution in [0.2, 0.25) is 0 Å². The SMILES string of the molecule is C=C(NP(OC[C@H]1O[C@@H](n2ccc(=O)[nH]c2=O)[C@@H](C)[C@@H]1O)Oc1ccccc1)C(=O)O[C@@H](C)c1ccccc1. The Labute approximate surface area is 226 Å². The van der Waals surface area contributed by atoms with E-state index in [1.54, 1.807) is 38.1 Å². The van der Waals surface area contributed by atoms with Crippen LogP contribution in [0.4, 0.5) is 0 Å². The second-order valence-electron chi connectivity index (χ2n) is 8.94. The van der Waals surface area contributed by atoms with Gasteiger partial charge in [-0.1, -0.05) is 62.0 Å². The molecule has 39 heavy (non-hydrogen) atoms. The third kappa shape index (κ3) is 7.21. The molecule has 3 N–H and O–H groups in total. The van der Waals surface area contributed by atoms with Crippen molar-refractivity contribution < 1.29 is 28.4 Å². The first-order chi connectivity index (χ1) is 18.7. The van der Waals surface area contributed by atoms with Crippen LogP contribution in [0.5, 0.6) is 5.75 Å². The molecule has 12 heteroatoms. The van der Waals surface area contributed by atoms with Gasteiger partial charge in [-0.25, -0.2) is 9.59 Å². The average molecular weight is 556 g/mol. The van der Waals surface area contributed by atoms with Crippen molar-refractivity contribution in [1.82, 2.24) is 14.6 Å². The van der Waals surface area contributed by atoms with Crippen molar-refractivity contribution in [2.45, 2.75) is 38.4 Å². The number of hydrogen-bond acceptors (Lipinski definition) is 9. The topological polar surface area (TPSA) is 141 Å². The zero-order chi connectivity index (χ0) is 27.9. The molecule has 1 aliphatic heterocycles. The number of aliphatic hydroxyl groups is 1. The summed E-state index contributed by atoms with van der Waals surface area (Å²) in [5.41, 5.74) is -0.424. The fourth-order valence-corrected chi connectivity index (χ4v) is 5.02. The summed E-state index contributed by atoms with van der Waals surface area (Å²) in [5.74, 6) is -0.683. The Morgan fingerprint density at radius 3 is 2.49 bits per heavy atom. The minimum absolute atomic E-state index is 0.0706. The molecule has 0 spiro atoms. The largest absolute Gasteiger partial charge is 0.453 e. The number of nitrogens with zero attached hydrogens (tertiary/aromatic N) is 1. The van der Waals surface area contributed by atoms with E-state index >= 15 is 0 Å². The lowest BCUT2D eigenvalue weighted by atomic mass is 10.0. The number of nitrogens with one attached hydrogen (secondary N) is 2. The first-order valence-electron chi connectivity index (χ1n) is 12.3. The molecule has 0 bridgehead atoms. The first-order valence-corrected chi connectivity index (χ1v) is 13.4. The maximum Gasteiger partial charge on any atom is 0.354 e. The molecule has 0 amide bonds. The lowest BCUT2D eigenvalue weighted by Crippen LogP contribution is -2.33. The first kappa shape index (κ1) is 28.3. The fraction of sp³-hybridized carbons (Fsp3) is 0.296. The predicted octanol–water partition coefficient (Wildman–Crippen LogP) is 3.16. The molecule has 1 saturated heterocycles. The summed E-state index contributed by atoms with van der Waals surface area (Å²) in [6, 6.07) is 19.3. The Bertz CT molecular complexity index is 1380. The number of benzene rings is 2. The molecule has 11 nitrogen and oxygen atoms in total. The Morgan fingerprint density at radius 2 is 1.82 bits per heavy atom. The van der Waals surface area contributed by atoms with Gasteiger partial charge >= 0.3 is 20.2 Å². The Hall–Kier alpha value is -3.76. The maximum atomic E-state index is 12.7. The zero-order valence-electron chi connectivity index (χ0n) is 21.4.